The number of nitrogens with zero attached hydrogens (tertiary/aromatic N) is 1. The fourth-order valence-electron chi connectivity index (χ4n) is 4.62. The zero-order valence-corrected chi connectivity index (χ0v) is 15.3. The molecule has 0 radical (unpaired) electrons. The Morgan fingerprint density at radius 1 is 1.13 bits per heavy atom. The Labute approximate surface area is 143 Å². The molecule has 1 saturated heterocycles. The molecule has 1 aliphatic heterocycles. The molecule has 3 heteroatoms. The zero-order chi connectivity index (χ0) is 16.4. The summed E-state index contributed by atoms with van der Waals surface area (Å²) in [6.07, 6.45) is 8.80. The van der Waals surface area contributed by atoms with E-state index >= 15 is 0 Å². The molecule has 3 rings (SSSR count). The summed E-state index contributed by atoms with van der Waals surface area (Å²) in [5.74, 6) is 0.829. The molecule has 0 unspecified atom stereocenters. The molecule has 0 aromatic heterocycles. The van der Waals surface area contributed by atoms with Gasteiger partial charge in [0.1, 0.15) is 7.85 Å². The van der Waals surface area contributed by atoms with E-state index in [1.54, 1.807) is 5.56 Å². The molecule has 1 aliphatic carbocycles. The van der Waals surface area contributed by atoms with Crippen LogP contribution >= 0.6 is 0 Å². The number of hydrogen-bond donors (Lipinski definition) is 1. The Kier molecular flexibility index (Phi) is 5.18. The summed E-state index contributed by atoms with van der Waals surface area (Å²) < 4.78 is 0. The first kappa shape index (κ1) is 17.0. The van der Waals surface area contributed by atoms with E-state index in [0.29, 0.717) is 0 Å². The molecule has 1 aromatic carbocycles. The molecule has 2 fully saturated rings. The summed E-state index contributed by atoms with van der Waals surface area (Å²) in [7, 11) is 2.26. The maximum atomic E-state index is 6.51. The Morgan fingerprint density at radius 3 is 2.39 bits per heavy atom. The lowest BCUT2D eigenvalue weighted by Crippen LogP contribution is -2.56. The molecular formula is C20H33BN2. The van der Waals surface area contributed by atoms with Crippen molar-refractivity contribution in [2.45, 2.75) is 64.2 Å². The van der Waals surface area contributed by atoms with Gasteiger partial charge < -0.3 is 10.6 Å². The smallest absolute Gasteiger partial charge is 0.101 e. The highest BCUT2D eigenvalue weighted by Crippen LogP contribution is 2.31. The lowest BCUT2D eigenvalue weighted by Gasteiger charge is -2.43. The van der Waals surface area contributed by atoms with Crippen LogP contribution in [0.1, 0.15) is 47.9 Å². The first-order chi connectivity index (χ1) is 11.0. The van der Waals surface area contributed by atoms with E-state index in [2.05, 4.69) is 38.7 Å². The van der Waals surface area contributed by atoms with E-state index in [1.807, 2.05) is 0 Å². The van der Waals surface area contributed by atoms with Gasteiger partial charge in [0.25, 0.3) is 0 Å². The van der Waals surface area contributed by atoms with Crippen molar-refractivity contribution in [1.29, 1.82) is 0 Å². The topological polar surface area (TPSA) is 29.3 Å². The van der Waals surface area contributed by atoms with Crippen molar-refractivity contribution in [3.63, 3.8) is 0 Å². The Hall–Kier alpha value is -0.795. The van der Waals surface area contributed by atoms with Gasteiger partial charge in [0.2, 0.25) is 0 Å². The van der Waals surface area contributed by atoms with Gasteiger partial charge in [0, 0.05) is 25.2 Å². The summed E-state index contributed by atoms with van der Waals surface area (Å²) in [5, 5.41) is 0. The molecule has 2 N–H and O–H groups in total. The third-order valence-corrected chi connectivity index (χ3v) is 6.21. The van der Waals surface area contributed by atoms with Crippen LogP contribution in [-0.4, -0.2) is 37.9 Å². The van der Waals surface area contributed by atoms with Crippen LogP contribution in [0.15, 0.2) is 12.1 Å². The van der Waals surface area contributed by atoms with Gasteiger partial charge >= 0.3 is 0 Å². The minimum atomic E-state index is 0.124. The highest BCUT2D eigenvalue weighted by atomic mass is 15.2. The van der Waals surface area contributed by atoms with Gasteiger partial charge in [0.05, 0.1) is 0 Å². The van der Waals surface area contributed by atoms with Crippen molar-refractivity contribution in [3.05, 3.63) is 34.4 Å². The summed E-state index contributed by atoms with van der Waals surface area (Å²) in [6, 6.07) is 4.75. The molecule has 0 bridgehead atoms. The average Bonchev–Trinajstić information content (AvgIpc) is 2.91. The van der Waals surface area contributed by atoms with Crippen molar-refractivity contribution >= 4 is 7.85 Å². The summed E-state index contributed by atoms with van der Waals surface area (Å²) in [6.45, 7) is 8.22. The largest absolute Gasteiger partial charge is 0.324 e. The SMILES string of the molecule is BCCc1ccc(CC2CN(CC3(N)CCCC3)C2)c(C)c1C. The van der Waals surface area contributed by atoms with E-state index in [9.17, 15) is 0 Å². The van der Waals surface area contributed by atoms with Crippen LogP contribution < -0.4 is 5.73 Å². The lowest BCUT2D eigenvalue weighted by molar-refractivity contribution is 0.0740. The quantitative estimate of drug-likeness (QED) is 0.818. The maximum absolute atomic E-state index is 6.51. The average molecular weight is 312 g/mol. The Morgan fingerprint density at radius 2 is 1.74 bits per heavy atom. The fraction of sp³-hybridized carbons (Fsp3) is 0.700. The number of rotatable bonds is 6. The van der Waals surface area contributed by atoms with Gasteiger partial charge in [-0.15, -0.1) is 0 Å². The number of hydrogen-bond acceptors (Lipinski definition) is 2. The van der Waals surface area contributed by atoms with Crippen LogP contribution in [-0.2, 0) is 12.8 Å². The van der Waals surface area contributed by atoms with Crippen LogP contribution in [0, 0.1) is 19.8 Å². The summed E-state index contributed by atoms with van der Waals surface area (Å²) in [4.78, 5) is 2.59. The van der Waals surface area contributed by atoms with Crippen LogP contribution in [0.25, 0.3) is 0 Å². The Balaban J connectivity index is 1.53. The van der Waals surface area contributed by atoms with Crippen LogP contribution in [0.5, 0.6) is 0 Å². The van der Waals surface area contributed by atoms with E-state index < -0.39 is 0 Å². The van der Waals surface area contributed by atoms with Gasteiger partial charge in [-0.3, -0.25) is 0 Å². The third kappa shape index (κ3) is 3.83. The molecule has 23 heavy (non-hydrogen) atoms. The zero-order valence-electron chi connectivity index (χ0n) is 15.3. The normalized spacial score (nSPS) is 21.5. The second-order valence-electron chi connectivity index (χ2n) is 8.22. The van der Waals surface area contributed by atoms with Gasteiger partial charge in [0.15, 0.2) is 0 Å². The number of likely N-dealkylation sites (tertiary alicyclic amines) is 1. The molecule has 1 aromatic rings. The van der Waals surface area contributed by atoms with Crippen LogP contribution in [0.4, 0.5) is 0 Å². The standard InChI is InChI=1S/C20H33BN2/c1-15-16(2)19(6-5-18(15)7-10-21)11-17-12-23(13-17)14-20(22)8-3-4-9-20/h5-6,17H,3-4,7-14,21-22H2,1-2H3. The maximum Gasteiger partial charge on any atom is 0.101 e. The summed E-state index contributed by atoms with van der Waals surface area (Å²) >= 11 is 0. The van der Waals surface area contributed by atoms with Crippen LogP contribution in [0.2, 0.25) is 6.32 Å². The van der Waals surface area contributed by atoms with E-state index in [1.165, 1.54) is 74.6 Å². The highest BCUT2D eigenvalue weighted by Gasteiger charge is 2.36. The van der Waals surface area contributed by atoms with Crippen molar-refractivity contribution in [2.75, 3.05) is 19.6 Å². The molecule has 0 spiro atoms. The third-order valence-electron chi connectivity index (χ3n) is 6.21. The second-order valence-corrected chi connectivity index (χ2v) is 8.22. The highest BCUT2D eigenvalue weighted by molar-refractivity contribution is 6.08. The monoisotopic (exact) mass is 312 g/mol. The van der Waals surface area contributed by atoms with E-state index in [0.717, 1.165) is 12.5 Å². The first-order valence-corrected chi connectivity index (χ1v) is 9.60. The molecule has 0 amide bonds. The van der Waals surface area contributed by atoms with E-state index in [4.69, 9.17) is 5.73 Å². The Bertz CT molecular complexity index is 543. The number of benzene rings is 1. The van der Waals surface area contributed by atoms with E-state index in [-0.39, 0.29) is 5.54 Å². The minimum Gasteiger partial charge on any atom is -0.324 e. The lowest BCUT2D eigenvalue weighted by atomic mass is 9.85. The number of aryl methyl sites for hydroxylation is 1. The van der Waals surface area contributed by atoms with Crippen molar-refractivity contribution in [3.8, 4) is 0 Å². The molecule has 2 nitrogen and oxygen atoms in total. The first-order valence-electron chi connectivity index (χ1n) is 9.60. The molecule has 0 atom stereocenters. The van der Waals surface area contributed by atoms with Crippen molar-refractivity contribution in [2.24, 2.45) is 11.7 Å². The minimum absolute atomic E-state index is 0.124. The molecular weight excluding hydrogens is 279 g/mol. The predicted molar refractivity (Wildman–Crippen MR) is 102 cm³/mol. The number of nitrogens with two attached hydrogens (primary N) is 1. The molecule has 1 heterocycles. The van der Waals surface area contributed by atoms with Gasteiger partial charge in [-0.05, 0) is 67.7 Å². The predicted octanol–water partition coefficient (Wildman–Crippen LogP) is 2.64. The molecule has 126 valence electrons. The van der Waals surface area contributed by atoms with Gasteiger partial charge in [-0.2, -0.15) is 0 Å². The summed E-state index contributed by atoms with van der Waals surface area (Å²) in [5.41, 5.74) is 12.8. The fourth-order valence-corrected chi connectivity index (χ4v) is 4.62. The molecule has 1 saturated carbocycles. The second kappa shape index (κ2) is 6.98. The van der Waals surface area contributed by atoms with Gasteiger partial charge in [-0.25, -0.2) is 0 Å². The van der Waals surface area contributed by atoms with Crippen LogP contribution in [0.3, 0.4) is 0 Å². The van der Waals surface area contributed by atoms with Crippen molar-refractivity contribution < 1.29 is 0 Å². The van der Waals surface area contributed by atoms with Gasteiger partial charge in [-0.1, -0.05) is 31.3 Å². The van der Waals surface area contributed by atoms with Crippen molar-refractivity contribution in [1.82, 2.24) is 4.90 Å². The molecule has 2 aliphatic rings.